The van der Waals surface area contributed by atoms with Gasteiger partial charge in [0, 0.05) is 10.9 Å². The first-order valence-corrected chi connectivity index (χ1v) is 7.80. The van der Waals surface area contributed by atoms with Gasteiger partial charge in [0.2, 0.25) is 0 Å². The summed E-state index contributed by atoms with van der Waals surface area (Å²) in [5.74, 6) is 1.53. The molecule has 0 amide bonds. The first kappa shape index (κ1) is 13.9. The van der Waals surface area contributed by atoms with Crippen LogP contribution in [0.5, 0.6) is 0 Å². The number of hydrogen-bond donors (Lipinski definition) is 2. The smallest absolute Gasteiger partial charge is 0.0575 e. The SMILES string of the molecule is CC(C)C(O)CCNC1CCSc2ccccc21. The molecule has 2 atom stereocenters. The van der Waals surface area contributed by atoms with Gasteiger partial charge in [-0.05, 0) is 42.7 Å². The molecule has 100 valence electrons. The van der Waals surface area contributed by atoms with E-state index >= 15 is 0 Å². The van der Waals surface area contributed by atoms with E-state index in [1.165, 1.54) is 22.6 Å². The summed E-state index contributed by atoms with van der Waals surface area (Å²) in [7, 11) is 0. The Bertz CT molecular complexity index is 381. The van der Waals surface area contributed by atoms with E-state index in [9.17, 15) is 5.11 Å². The Morgan fingerprint density at radius 2 is 2.17 bits per heavy atom. The summed E-state index contributed by atoms with van der Waals surface area (Å²) in [6.45, 7) is 5.03. The van der Waals surface area contributed by atoms with E-state index in [4.69, 9.17) is 0 Å². The highest BCUT2D eigenvalue weighted by Crippen LogP contribution is 2.35. The third kappa shape index (κ3) is 3.50. The third-order valence-corrected chi connectivity index (χ3v) is 4.68. The average molecular weight is 265 g/mol. The Labute approximate surface area is 114 Å². The monoisotopic (exact) mass is 265 g/mol. The summed E-state index contributed by atoms with van der Waals surface area (Å²) in [4.78, 5) is 1.41. The number of fused-ring (bicyclic) bond motifs is 1. The largest absolute Gasteiger partial charge is 0.393 e. The first-order valence-electron chi connectivity index (χ1n) is 6.81. The number of hydrogen-bond acceptors (Lipinski definition) is 3. The van der Waals surface area contributed by atoms with Crippen LogP contribution in [0.25, 0.3) is 0 Å². The van der Waals surface area contributed by atoms with Gasteiger partial charge in [0.15, 0.2) is 0 Å². The van der Waals surface area contributed by atoms with E-state index in [1.54, 1.807) is 0 Å². The maximum Gasteiger partial charge on any atom is 0.0575 e. The van der Waals surface area contributed by atoms with E-state index in [0.717, 1.165) is 13.0 Å². The minimum atomic E-state index is -0.189. The van der Waals surface area contributed by atoms with Gasteiger partial charge < -0.3 is 10.4 Å². The zero-order valence-electron chi connectivity index (χ0n) is 11.2. The molecular weight excluding hydrogens is 242 g/mol. The highest BCUT2D eigenvalue weighted by atomic mass is 32.2. The quantitative estimate of drug-likeness (QED) is 0.857. The molecule has 0 radical (unpaired) electrons. The summed E-state index contributed by atoms with van der Waals surface area (Å²) >= 11 is 1.95. The molecule has 0 aromatic heterocycles. The van der Waals surface area contributed by atoms with E-state index < -0.39 is 0 Å². The van der Waals surface area contributed by atoms with Crippen molar-refractivity contribution in [2.45, 2.75) is 43.7 Å². The number of benzene rings is 1. The molecule has 2 nitrogen and oxygen atoms in total. The second kappa shape index (κ2) is 6.60. The molecule has 18 heavy (non-hydrogen) atoms. The lowest BCUT2D eigenvalue weighted by molar-refractivity contribution is 0.115. The Morgan fingerprint density at radius 3 is 2.94 bits per heavy atom. The van der Waals surface area contributed by atoms with Crippen LogP contribution in [-0.4, -0.2) is 23.5 Å². The number of nitrogens with one attached hydrogen (secondary N) is 1. The molecule has 0 fully saturated rings. The topological polar surface area (TPSA) is 32.3 Å². The fourth-order valence-corrected chi connectivity index (χ4v) is 3.42. The highest BCUT2D eigenvalue weighted by molar-refractivity contribution is 7.99. The van der Waals surface area contributed by atoms with Crippen LogP contribution in [0, 0.1) is 5.92 Å². The molecule has 1 heterocycles. The fraction of sp³-hybridized carbons (Fsp3) is 0.600. The summed E-state index contributed by atoms with van der Waals surface area (Å²) in [6.07, 6.45) is 1.83. The molecule has 0 saturated carbocycles. The molecule has 0 spiro atoms. The maximum atomic E-state index is 9.81. The molecule has 0 aliphatic carbocycles. The second-order valence-electron chi connectivity index (χ2n) is 5.28. The van der Waals surface area contributed by atoms with Gasteiger partial charge in [-0.2, -0.15) is 0 Å². The Kier molecular flexibility index (Phi) is 5.10. The summed E-state index contributed by atoms with van der Waals surface area (Å²) < 4.78 is 0. The lowest BCUT2D eigenvalue weighted by atomic mass is 10.0. The van der Waals surface area contributed by atoms with Gasteiger partial charge in [0.25, 0.3) is 0 Å². The Hall–Kier alpha value is -0.510. The summed E-state index contributed by atoms with van der Waals surface area (Å²) in [5, 5.41) is 13.4. The fourth-order valence-electron chi connectivity index (χ4n) is 2.29. The molecule has 0 bridgehead atoms. The molecule has 2 unspecified atom stereocenters. The zero-order valence-corrected chi connectivity index (χ0v) is 12.0. The van der Waals surface area contributed by atoms with Gasteiger partial charge >= 0.3 is 0 Å². The highest BCUT2D eigenvalue weighted by Gasteiger charge is 2.19. The summed E-state index contributed by atoms with van der Waals surface area (Å²) in [5.41, 5.74) is 1.42. The molecule has 0 saturated heterocycles. The number of aliphatic hydroxyl groups is 1. The van der Waals surface area contributed by atoms with Crippen molar-refractivity contribution in [1.29, 1.82) is 0 Å². The Balaban J connectivity index is 1.88. The molecule has 1 aromatic rings. The molecule has 1 aromatic carbocycles. The number of rotatable bonds is 5. The van der Waals surface area contributed by atoms with Crippen LogP contribution in [0.3, 0.4) is 0 Å². The molecular formula is C15H23NOS. The van der Waals surface area contributed by atoms with Crippen molar-refractivity contribution >= 4 is 11.8 Å². The second-order valence-corrected chi connectivity index (χ2v) is 6.42. The number of thioether (sulfide) groups is 1. The first-order chi connectivity index (χ1) is 8.68. The van der Waals surface area contributed by atoms with Crippen LogP contribution in [0.4, 0.5) is 0 Å². The van der Waals surface area contributed by atoms with Gasteiger partial charge in [-0.3, -0.25) is 0 Å². The molecule has 2 rings (SSSR count). The van der Waals surface area contributed by atoms with Crippen molar-refractivity contribution < 1.29 is 5.11 Å². The molecule has 1 aliphatic rings. The number of aliphatic hydroxyl groups excluding tert-OH is 1. The average Bonchev–Trinajstić information content (AvgIpc) is 2.38. The predicted molar refractivity (Wildman–Crippen MR) is 78.0 cm³/mol. The van der Waals surface area contributed by atoms with Crippen molar-refractivity contribution in [1.82, 2.24) is 5.32 Å². The van der Waals surface area contributed by atoms with Crippen molar-refractivity contribution in [2.24, 2.45) is 5.92 Å². The van der Waals surface area contributed by atoms with E-state index in [0.29, 0.717) is 12.0 Å². The van der Waals surface area contributed by atoms with Gasteiger partial charge in [0.1, 0.15) is 0 Å². The normalized spacial score (nSPS) is 20.8. The van der Waals surface area contributed by atoms with Crippen LogP contribution >= 0.6 is 11.8 Å². The van der Waals surface area contributed by atoms with E-state index in [-0.39, 0.29) is 6.10 Å². The van der Waals surface area contributed by atoms with Gasteiger partial charge in [-0.1, -0.05) is 32.0 Å². The standard InChI is InChI=1S/C15H23NOS/c1-11(2)14(17)7-9-16-13-8-10-18-15-6-4-3-5-12(13)15/h3-6,11,13-14,16-17H,7-10H2,1-2H3. The lowest BCUT2D eigenvalue weighted by Gasteiger charge is -2.26. The van der Waals surface area contributed by atoms with Gasteiger partial charge in [0.05, 0.1) is 6.10 Å². The molecule has 1 aliphatic heterocycles. The van der Waals surface area contributed by atoms with E-state index in [1.807, 2.05) is 11.8 Å². The van der Waals surface area contributed by atoms with Crippen LogP contribution in [-0.2, 0) is 0 Å². The summed E-state index contributed by atoms with van der Waals surface area (Å²) in [6, 6.07) is 9.11. The maximum absolute atomic E-state index is 9.81. The minimum absolute atomic E-state index is 0.189. The van der Waals surface area contributed by atoms with Crippen molar-refractivity contribution in [3.8, 4) is 0 Å². The zero-order chi connectivity index (χ0) is 13.0. The third-order valence-electron chi connectivity index (χ3n) is 3.56. The molecule has 2 N–H and O–H groups in total. The predicted octanol–water partition coefficient (Wildman–Crippen LogP) is 3.22. The van der Waals surface area contributed by atoms with E-state index in [2.05, 4.69) is 43.4 Å². The van der Waals surface area contributed by atoms with Gasteiger partial charge in [-0.15, -0.1) is 11.8 Å². The minimum Gasteiger partial charge on any atom is -0.393 e. The molecule has 3 heteroatoms. The van der Waals surface area contributed by atoms with Crippen LogP contribution in [0.2, 0.25) is 0 Å². The lowest BCUT2D eigenvalue weighted by Crippen LogP contribution is -2.29. The van der Waals surface area contributed by atoms with Gasteiger partial charge in [-0.25, -0.2) is 0 Å². The van der Waals surface area contributed by atoms with Crippen LogP contribution in [0.15, 0.2) is 29.2 Å². The van der Waals surface area contributed by atoms with Crippen LogP contribution < -0.4 is 5.32 Å². The van der Waals surface area contributed by atoms with Crippen LogP contribution in [0.1, 0.15) is 38.3 Å². The Morgan fingerprint density at radius 1 is 1.39 bits per heavy atom. The van der Waals surface area contributed by atoms with Crippen molar-refractivity contribution in [3.63, 3.8) is 0 Å². The van der Waals surface area contributed by atoms with Crippen molar-refractivity contribution in [2.75, 3.05) is 12.3 Å². The van der Waals surface area contributed by atoms with Crippen molar-refractivity contribution in [3.05, 3.63) is 29.8 Å².